The molecule has 0 aliphatic carbocycles. The van der Waals surface area contributed by atoms with Gasteiger partial charge in [0.15, 0.2) is 0 Å². The highest BCUT2D eigenvalue weighted by Crippen LogP contribution is 2.19. The Morgan fingerprint density at radius 3 is 2.55 bits per heavy atom. The van der Waals surface area contributed by atoms with Crippen molar-refractivity contribution in [2.75, 3.05) is 5.32 Å². The summed E-state index contributed by atoms with van der Waals surface area (Å²) in [6, 6.07) is 23.5. The number of benzene rings is 2. The van der Waals surface area contributed by atoms with Gasteiger partial charge in [-0.25, -0.2) is 4.68 Å². The molecule has 0 bridgehead atoms. The summed E-state index contributed by atoms with van der Waals surface area (Å²) in [6.07, 6.45) is 5.97. The second kappa shape index (κ2) is 9.22. The molecule has 4 rings (SSSR count). The van der Waals surface area contributed by atoms with E-state index in [2.05, 4.69) is 15.4 Å². The number of carbonyl (C=O) groups excluding carboxylic acids is 1. The minimum absolute atomic E-state index is 0.0651. The third-order valence-electron chi connectivity index (χ3n) is 5.08. The van der Waals surface area contributed by atoms with Gasteiger partial charge in [0.05, 0.1) is 23.5 Å². The molecule has 0 radical (unpaired) electrons. The summed E-state index contributed by atoms with van der Waals surface area (Å²) < 4.78 is 1.89. The molecule has 5 heteroatoms. The van der Waals surface area contributed by atoms with Crippen LogP contribution in [-0.2, 0) is 11.2 Å². The standard InChI is InChI=1S/C26H24N4O/c1-19-25(20(2)30(29-19)24-12-4-3-5-13-24)18-26(31)28-23-11-8-9-21(17-23)14-15-22-10-6-7-16-27-22/h3-17H,18H2,1-2H3,(H,28,31)/b15-14+. The van der Waals surface area contributed by atoms with Crippen molar-refractivity contribution in [2.24, 2.45) is 0 Å². The van der Waals surface area contributed by atoms with Gasteiger partial charge in [-0.15, -0.1) is 0 Å². The number of nitrogens with zero attached hydrogens (tertiary/aromatic N) is 3. The van der Waals surface area contributed by atoms with Crippen molar-refractivity contribution in [3.8, 4) is 5.69 Å². The van der Waals surface area contributed by atoms with Crippen molar-refractivity contribution in [2.45, 2.75) is 20.3 Å². The van der Waals surface area contributed by atoms with Gasteiger partial charge >= 0.3 is 0 Å². The highest BCUT2D eigenvalue weighted by molar-refractivity contribution is 5.93. The van der Waals surface area contributed by atoms with Crippen LogP contribution in [0.2, 0.25) is 0 Å². The zero-order valence-electron chi connectivity index (χ0n) is 17.6. The second-order valence-electron chi connectivity index (χ2n) is 7.34. The van der Waals surface area contributed by atoms with E-state index < -0.39 is 0 Å². The lowest BCUT2D eigenvalue weighted by Gasteiger charge is -2.07. The average Bonchev–Trinajstić information content (AvgIpc) is 3.07. The number of hydrogen-bond donors (Lipinski definition) is 1. The maximum atomic E-state index is 12.7. The number of amides is 1. The highest BCUT2D eigenvalue weighted by Gasteiger charge is 2.16. The first-order valence-corrected chi connectivity index (χ1v) is 10.2. The number of anilines is 1. The number of aryl methyl sites for hydroxylation is 1. The summed E-state index contributed by atoms with van der Waals surface area (Å²) >= 11 is 0. The molecule has 2 aromatic carbocycles. The Morgan fingerprint density at radius 2 is 1.77 bits per heavy atom. The van der Waals surface area contributed by atoms with E-state index in [0.717, 1.165) is 39.6 Å². The first kappa shape index (κ1) is 20.3. The van der Waals surface area contributed by atoms with Gasteiger partial charge in [-0.1, -0.05) is 42.5 Å². The summed E-state index contributed by atoms with van der Waals surface area (Å²) in [5, 5.41) is 7.64. The molecule has 0 saturated carbocycles. The molecule has 4 aromatic rings. The van der Waals surface area contributed by atoms with Crippen molar-refractivity contribution < 1.29 is 4.79 Å². The molecule has 0 aliphatic heterocycles. The van der Waals surface area contributed by atoms with E-state index in [4.69, 9.17) is 0 Å². The number of para-hydroxylation sites is 1. The van der Waals surface area contributed by atoms with Gasteiger partial charge in [-0.05, 0) is 61.9 Å². The van der Waals surface area contributed by atoms with E-state index >= 15 is 0 Å². The second-order valence-corrected chi connectivity index (χ2v) is 7.34. The number of nitrogens with one attached hydrogen (secondary N) is 1. The number of carbonyl (C=O) groups is 1. The van der Waals surface area contributed by atoms with Crippen molar-refractivity contribution in [3.05, 3.63) is 107 Å². The molecule has 0 atom stereocenters. The summed E-state index contributed by atoms with van der Waals surface area (Å²) in [6.45, 7) is 3.94. The van der Waals surface area contributed by atoms with E-state index in [-0.39, 0.29) is 12.3 Å². The lowest BCUT2D eigenvalue weighted by Crippen LogP contribution is -2.15. The third kappa shape index (κ3) is 4.95. The summed E-state index contributed by atoms with van der Waals surface area (Å²) in [5.74, 6) is -0.0651. The Kier molecular flexibility index (Phi) is 6.03. The molecule has 2 heterocycles. The number of hydrogen-bond acceptors (Lipinski definition) is 3. The van der Waals surface area contributed by atoms with Crippen LogP contribution in [0.1, 0.15) is 28.2 Å². The van der Waals surface area contributed by atoms with Crippen LogP contribution in [0.5, 0.6) is 0 Å². The molecule has 5 nitrogen and oxygen atoms in total. The number of rotatable bonds is 6. The van der Waals surface area contributed by atoms with Crippen LogP contribution in [0.4, 0.5) is 5.69 Å². The summed E-state index contributed by atoms with van der Waals surface area (Å²) in [7, 11) is 0. The minimum Gasteiger partial charge on any atom is -0.326 e. The van der Waals surface area contributed by atoms with Crippen LogP contribution in [0.25, 0.3) is 17.8 Å². The zero-order chi connectivity index (χ0) is 21.6. The van der Waals surface area contributed by atoms with Gasteiger partial charge < -0.3 is 5.32 Å². The monoisotopic (exact) mass is 408 g/mol. The van der Waals surface area contributed by atoms with Crippen LogP contribution in [0, 0.1) is 13.8 Å². The van der Waals surface area contributed by atoms with Gasteiger partial charge in [0.1, 0.15) is 0 Å². The first-order valence-electron chi connectivity index (χ1n) is 10.2. The number of aromatic nitrogens is 3. The van der Waals surface area contributed by atoms with Crippen LogP contribution >= 0.6 is 0 Å². The lowest BCUT2D eigenvalue weighted by atomic mass is 10.1. The highest BCUT2D eigenvalue weighted by atomic mass is 16.1. The van der Waals surface area contributed by atoms with Crippen molar-refractivity contribution in [1.29, 1.82) is 0 Å². The van der Waals surface area contributed by atoms with E-state index in [1.807, 2.05) is 103 Å². The average molecular weight is 409 g/mol. The van der Waals surface area contributed by atoms with Gasteiger partial charge in [0.25, 0.3) is 0 Å². The Bertz CT molecular complexity index is 1210. The SMILES string of the molecule is Cc1nn(-c2ccccc2)c(C)c1CC(=O)Nc1cccc(/C=C/c2ccccn2)c1. The molecule has 0 fully saturated rings. The normalized spacial score (nSPS) is 11.0. The Labute approximate surface area is 182 Å². The molecule has 0 saturated heterocycles. The van der Waals surface area contributed by atoms with Crippen molar-refractivity contribution in [1.82, 2.24) is 14.8 Å². The fraction of sp³-hybridized carbons (Fsp3) is 0.115. The molecule has 0 aliphatic rings. The van der Waals surface area contributed by atoms with Crippen LogP contribution in [0.15, 0.2) is 79.0 Å². The van der Waals surface area contributed by atoms with E-state index in [1.54, 1.807) is 6.20 Å². The molecule has 1 amide bonds. The molecule has 0 spiro atoms. The van der Waals surface area contributed by atoms with E-state index in [0.29, 0.717) is 0 Å². The molecular weight excluding hydrogens is 384 g/mol. The molecule has 31 heavy (non-hydrogen) atoms. The van der Waals surface area contributed by atoms with Crippen molar-refractivity contribution in [3.63, 3.8) is 0 Å². The number of pyridine rings is 1. The Balaban J connectivity index is 1.46. The van der Waals surface area contributed by atoms with Crippen LogP contribution in [0.3, 0.4) is 0 Å². The molecule has 1 N–H and O–H groups in total. The maximum absolute atomic E-state index is 12.7. The molecule has 2 aromatic heterocycles. The summed E-state index contributed by atoms with van der Waals surface area (Å²) in [4.78, 5) is 17.0. The van der Waals surface area contributed by atoms with E-state index in [1.165, 1.54) is 0 Å². The van der Waals surface area contributed by atoms with Crippen LogP contribution in [-0.4, -0.2) is 20.7 Å². The minimum atomic E-state index is -0.0651. The van der Waals surface area contributed by atoms with Crippen molar-refractivity contribution >= 4 is 23.7 Å². The molecule has 154 valence electrons. The van der Waals surface area contributed by atoms with Gasteiger partial charge in [-0.2, -0.15) is 5.10 Å². The van der Waals surface area contributed by atoms with E-state index in [9.17, 15) is 4.79 Å². The smallest absolute Gasteiger partial charge is 0.228 e. The zero-order valence-corrected chi connectivity index (χ0v) is 17.6. The molecule has 0 unspecified atom stereocenters. The predicted octanol–water partition coefficient (Wildman–Crippen LogP) is 5.24. The predicted molar refractivity (Wildman–Crippen MR) is 125 cm³/mol. The summed E-state index contributed by atoms with van der Waals surface area (Å²) in [5.41, 5.74) is 6.43. The van der Waals surface area contributed by atoms with Gasteiger partial charge in [0, 0.05) is 23.1 Å². The largest absolute Gasteiger partial charge is 0.326 e. The lowest BCUT2D eigenvalue weighted by molar-refractivity contribution is -0.115. The van der Waals surface area contributed by atoms with Gasteiger partial charge in [-0.3, -0.25) is 9.78 Å². The maximum Gasteiger partial charge on any atom is 0.228 e. The topological polar surface area (TPSA) is 59.8 Å². The van der Waals surface area contributed by atoms with Gasteiger partial charge in [0.2, 0.25) is 5.91 Å². The fourth-order valence-corrected chi connectivity index (χ4v) is 3.49. The first-order chi connectivity index (χ1) is 15.1. The Hall–Kier alpha value is -3.99. The molecular formula is C26H24N4O. The third-order valence-corrected chi connectivity index (χ3v) is 5.08. The Morgan fingerprint density at radius 1 is 0.968 bits per heavy atom. The quantitative estimate of drug-likeness (QED) is 0.475. The van der Waals surface area contributed by atoms with Crippen LogP contribution < -0.4 is 5.32 Å². The fourth-order valence-electron chi connectivity index (χ4n) is 3.49.